The van der Waals surface area contributed by atoms with Crippen LogP contribution >= 0.6 is 0 Å². The molecule has 2 amide bonds. The van der Waals surface area contributed by atoms with E-state index in [0.29, 0.717) is 24.1 Å². The highest BCUT2D eigenvalue weighted by atomic mass is 16.2. The molecule has 1 saturated carbocycles. The van der Waals surface area contributed by atoms with E-state index in [-0.39, 0.29) is 18.4 Å². The van der Waals surface area contributed by atoms with E-state index in [2.05, 4.69) is 43.4 Å². The molecule has 1 aliphatic rings. The molecular formula is C24H30N2O2. The summed E-state index contributed by atoms with van der Waals surface area (Å²) in [7, 11) is 0. The van der Waals surface area contributed by atoms with E-state index in [1.165, 1.54) is 5.56 Å². The summed E-state index contributed by atoms with van der Waals surface area (Å²) in [6, 6.07) is 14.5. The molecule has 0 saturated heterocycles. The van der Waals surface area contributed by atoms with Gasteiger partial charge in [-0.25, -0.2) is 0 Å². The highest BCUT2D eigenvalue weighted by Crippen LogP contribution is 2.28. The predicted octanol–water partition coefficient (Wildman–Crippen LogP) is 4.35. The number of hydrogen-bond acceptors (Lipinski definition) is 2. The SMILES string of the molecule is Cc1cc(C)cc(C(=O)NCC(=O)N(Cc2ccc(C(C)C)cc2)C2CC2)c1. The number of nitrogens with one attached hydrogen (secondary N) is 1. The van der Waals surface area contributed by atoms with E-state index in [1.807, 2.05) is 36.9 Å². The molecule has 0 aromatic heterocycles. The van der Waals surface area contributed by atoms with Gasteiger partial charge in [-0.05, 0) is 55.9 Å². The van der Waals surface area contributed by atoms with Crippen LogP contribution in [0.5, 0.6) is 0 Å². The van der Waals surface area contributed by atoms with Crippen LogP contribution in [0.3, 0.4) is 0 Å². The van der Waals surface area contributed by atoms with E-state index in [0.717, 1.165) is 29.5 Å². The Morgan fingerprint density at radius 2 is 1.64 bits per heavy atom. The number of carbonyl (C=O) groups is 2. The molecule has 0 unspecified atom stereocenters. The van der Waals surface area contributed by atoms with Crippen molar-refractivity contribution in [3.05, 3.63) is 70.3 Å². The first-order valence-corrected chi connectivity index (χ1v) is 10.1. The molecule has 2 aromatic rings. The van der Waals surface area contributed by atoms with Crippen LogP contribution in [-0.2, 0) is 11.3 Å². The lowest BCUT2D eigenvalue weighted by Gasteiger charge is -2.23. The average molecular weight is 379 g/mol. The lowest BCUT2D eigenvalue weighted by atomic mass is 10.0. The van der Waals surface area contributed by atoms with Gasteiger partial charge < -0.3 is 10.2 Å². The standard InChI is InChI=1S/C24H30N2O2/c1-16(2)20-7-5-19(6-8-20)15-26(22-9-10-22)23(27)14-25-24(28)21-12-17(3)11-18(4)13-21/h5-8,11-13,16,22H,9-10,14-15H2,1-4H3,(H,25,28). The second-order valence-corrected chi connectivity index (χ2v) is 8.21. The quantitative estimate of drug-likeness (QED) is 0.779. The van der Waals surface area contributed by atoms with E-state index < -0.39 is 0 Å². The van der Waals surface area contributed by atoms with Crippen molar-refractivity contribution in [3.8, 4) is 0 Å². The molecule has 28 heavy (non-hydrogen) atoms. The van der Waals surface area contributed by atoms with Crippen LogP contribution in [0.2, 0.25) is 0 Å². The first-order valence-electron chi connectivity index (χ1n) is 10.1. The molecule has 2 aromatic carbocycles. The summed E-state index contributed by atoms with van der Waals surface area (Å²) in [6.45, 7) is 8.91. The molecule has 0 atom stereocenters. The Morgan fingerprint density at radius 1 is 1.04 bits per heavy atom. The maximum absolute atomic E-state index is 12.8. The van der Waals surface area contributed by atoms with Crippen LogP contribution in [0.4, 0.5) is 0 Å². The first kappa shape index (κ1) is 20.1. The van der Waals surface area contributed by atoms with Crippen molar-refractivity contribution in [2.75, 3.05) is 6.54 Å². The smallest absolute Gasteiger partial charge is 0.251 e. The van der Waals surface area contributed by atoms with Gasteiger partial charge in [0.15, 0.2) is 0 Å². The summed E-state index contributed by atoms with van der Waals surface area (Å²) < 4.78 is 0. The number of carbonyl (C=O) groups excluding carboxylic acids is 2. The molecule has 0 aliphatic heterocycles. The Balaban J connectivity index is 1.61. The molecule has 1 aliphatic carbocycles. The van der Waals surface area contributed by atoms with Gasteiger partial charge in [-0.1, -0.05) is 55.3 Å². The summed E-state index contributed by atoms with van der Waals surface area (Å²) in [4.78, 5) is 27.1. The second kappa shape index (κ2) is 8.59. The molecule has 4 nitrogen and oxygen atoms in total. The zero-order chi connectivity index (χ0) is 20.3. The van der Waals surface area contributed by atoms with Crippen LogP contribution in [-0.4, -0.2) is 29.3 Å². The van der Waals surface area contributed by atoms with Crippen molar-refractivity contribution in [2.45, 2.75) is 59.0 Å². The van der Waals surface area contributed by atoms with Crippen LogP contribution in [0, 0.1) is 13.8 Å². The van der Waals surface area contributed by atoms with Crippen LogP contribution in [0.25, 0.3) is 0 Å². The predicted molar refractivity (Wildman–Crippen MR) is 112 cm³/mol. The minimum Gasteiger partial charge on any atom is -0.343 e. The summed E-state index contributed by atoms with van der Waals surface area (Å²) in [6.07, 6.45) is 2.08. The number of hydrogen-bond donors (Lipinski definition) is 1. The molecule has 3 rings (SSSR count). The summed E-state index contributed by atoms with van der Waals surface area (Å²) in [5.74, 6) is 0.279. The van der Waals surface area contributed by atoms with Crippen molar-refractivity contribution < 1.29 is 9.59 Å². The summed E-state index contributed by atoms with van der Waals surface area (Å²) in [5, 5.41) is 2.80. The minimum absolute atomic E-state index is 0.0202. The lowest BCUT2D eigenvalue weighted by molar-refractivity contribution is -0.131. The van der Waals surface area contributed by atoms with Crippen LogP contribution in [0.1, 0.15) is 65.2 Å². The van der Waals surface area contributed by atoms with Gasteiger partial charge >= 0.3 is 0 Å². The lowest BCUT2D eigenvalue weighted by Crippen LogP contribution is -2.41. The fraction of sp³-hybridized carbons (Fsp3) is 0.417. The van der Waals surface area contributed by atoms with E-state index in [1.54, 1.807) is 0 Å². The van der Waals surface area contributed by atoms with Gasteiger partial charge in [0.1, 0.15) is 0 Å². The monoisotopic (exact) mass is 378 g/mol. The number of aryl methyl sites for hydroxylation is 2. The Kier molecular flexibility index (Phi) is 6.18. The third-order valence-corrected chi connectivity index (χ3v) is 5.19. The van der Waals surface area contributed by atoms with E-state index >= 15 is 0 Å². The molecular weight excluding hydrogens is 348 g/mol. The Labute approximate surface area is 167 Å². The molecule has 4 heteroatoms. The average Bonchev–Trinajstić information content (AvgIpc) is 3.48. The molecule has 0 spiro atoms. The van der Waals surface area contributed by atoms with Crippen molar-refractivity contribution in [1.82, 2.24) is 10.2 Å². The zero-order valence-corrected chi connectivity index (χ0v) is 17.3. The number of rotatable bonds is 7. The van der Waals surface area contributed by atoms with Crippen molar-refractivity contribution >= 4 is 11.8 Å². The molecule has 0 radical (unpaired) electrons. The van der Waals surface area contributed by atoms with Gasteiger partial charge in [0.25, 0.3) is 5.91 Å². The first-order chi connectivity index (χ1) is 13.3. The maximum Gasteiger partial charge on any atom is 0.251 e. The Hall–Kier alpha value is -2.62. The molecule has 148 valence electrons. The highest BCUT2D eigenvalue weighted by Gasteiger charge is 2.32. The van der Waals surface area contributed by atoms with Gasteiger partial charge in [0, 0.05) is 18.2 Å². The molecule has 0 heterocycles. The summed E-state index contributed by atoms with van der Waals surface area (Å²) in [5.41, 5.74) is 5.12. The molecule has 1 fully saturated rings. The Bertz CT molecular complexity index is 831. The van der Waals surface area contributed by atoms with Gasteiger partial charge in [-0.15, -0.1) is 0 Å². The van der Waals surface area contributed by atoms with Crippen molar-refractivity contribution in [3.63, 3.8) is 0 Å². The third-order valence-electron chi connectivity index (χ3n) is 5.19. The van der Waals surface area contributed by atoms with Gasteiger partial charge in [0.2, 0.25) is 5.91 Å². The highest BCUT2D eigenvalue weighted by molar-refractivity contribution is 5.96. The zero-order valence-electron chi connectivity index (χ0n) is 17.3. The van der Waals surface area contributed by atoms with E-state index in [9.17, 15) is 9.59 Å². The van der Waals surface area contributed by atoms with Gasteiger partial charge in [-0.3, -0.25) is 9.59 Å². The number of nitrogens with zero attached hydrogens (tertiary/aromatic N) is 1. The fourth-order valence-electron chi connectivity index (χ4n) is 3.48. The topological polar surface area (TPSA) is 49.4 Å². The Morgan fingerprint density at radius 3 is 2.18 bits per heavy atom. The fourth-order valence-corrected chi connectivity index (χ4v) is 3.48. The van der Waals surface area contributed by atoms with Crippen molar-refractivity contribution in [2.24, 2.45) is 0 Å². The number of benzene rings is 2. The van der Waals surface area contributed by atoms with Crippen molar-refractivity contribution in [1.29, 1.82) is 0 Å². The van der Waals surface area contributed by atoms with Crippen LogP contribution in [0.15, 0.2) is 42.5 Å². The molecule has 1 N–H and O–H groups in total. The minimum atomic E-state index is -0.197. The molecule has 0 bridgehead atoms. The van der Waals surface area contributed by atoms with Gasteiger partial charge in [0.05, 0.1) is 6.54 Å². The summed E-state index contributed by atoms with van der Waals surface area (Å²) >= 11 is 0. The third kappa shape index (κ3) is 5.22. The van der Waals surface area contributed by atoms with Crippen LogP contribution < -0.4 is 5.32 Å². The second-order valence-electron chi connectivity index (χ2n) is 8.21. The maximum atomic E-state index is 12.8. The number of amides is 2. The van der Waals surface area contributed by atoms with Gasteiger partial charge in [-0.2, -0.15) is 0 Å². The normalized spacial score (nSPS) is 13.5. The van der Waals surface area contributed by atoms with E-state index in [4.69, 9.17) is 0 Å². The largest absolute Gasteiger partial charge is 0.343 e.